The highest BCUT2D eigenvalue weighted by Crippen LogP contribution is 2.16. The number of thiazole rings is 1. The second kappa shape index (κ2) is 6.99. The smallest absolute Gasteiger partial charge is 0.251 e. The number of hydrogen-bond donors (Lipinski definition) is 2. The van der Waals surface area contributed by atoms with Crippen molar-refractivity contribution in [3.8, 4) is 0 Å². The zero-order valence-electron chi connectivity index (χ0n) is 12.0. The van der Waals surface area contributed by atoms with Crippen LogP contribution in [0.2, 0.25) is 0 Å². The second-order valence-corrected chi connectivity index (χ2v) is 5.85. The lowest BCUT2D eigenvalue weighted by molar-refractivity contribution is -0.120. The van der Waals surface area contributed by atoms with Gasteiger partial charge in [0, 0.05) is 10.4 Å². The summed E-state index contributed by atoms with van der Waals surface area (Å²) in [6.45, 7) is 4.26. The molecule has 0 saturated carbocycles. The average Bonchev–Trinajstić information content (AvgIpc) is 2.81. The van der Waals surface area contributed by atoms with Crippen molar-refractivity contribution in [3.63, 3.8) is 0 Å². The second-order valence-electron chi connectivity index (χ2n) is 4.57. The minimum absolute atomic E-state index is 0.0371. The van der Waals surface area contributed by atoms with Crippen LogP contribution in [0.5, 0.6) is 0 Å². The van der Waals surface area contributed by atoms with E-state index >= 15 is 0 Å². The third-order valence-electron chi connectivity index (χ3n) is 2.89. The monoisotopic (exact) mass is 303 g/mol. The van der Waals surface area contributed by atoms with E-state index in [1.165, 1.54) is 0 Å². The number of amides is 2. The Labute approximate surface area is 127 Å². The Bertz CT molecular complexity index is 638. The zero-order chi connectivity index (χ0) is 15.2. The molecule has 2 N–H and O–H groups in total. The molecule has 0 aliphatic heterocycles. The summed E-state index contributed by atoms with van der Waals surface area (Å²) in [4.78, 5) is 28.8. The first-order chi connectivity index (χ1) is 10.1. The molecule has 2 amide bonds. The molecule has 0 spiro atoms. The Morgan fingerprint density at radius 1 is 1.14 bits per heavy atom. The van der Waals surface area contributed by atoms with Crippen molar-refractivity contribution in [2.45, 2.75) is 20.4 Å². The molecule has 0 unspecified atom stereocenters. The van der Waals surface area contributed by atoms with E-state index in [0.717, 1.165) is 15.6 Å². The van der Waals surface area contributed by atoms with Gasteiger partial charge in [0.15, 0.2) is 0 Å². The molecule has 0 aliphatic carbocycles. The number of rotatable bonds is 5. The number of carbonyl (C=O) groups excluding carboxylic acids is 2. The molecular weight excluding hydrogens is 286 g/mol. The van der Waals surface area contributed by atoms with Crippen LogP contribution in [-0.2, 0) is 11.3 Å². The Hall–Kier alpha value is -2.21. The van der Waals surface area contributed by atoms with Crippen LogP contribution in [0, 0.1) is 13.8 Å². The van der Waals surface area contributed by atoms with Crippen molar-refractivity contribution in [3.05, 3.63) is 51.5 Å². The third-order valence-corrected chi connectivity index (χ3v) is 3.96. The molecule has 0 saturated heterocycles. The van der Waals surface area contributed by atoms with Gasteiger partial charge >= 0.3 is 0 Å². The van der Waals surface area contributed by atoms with Gasteiger partial charge < -0.3 is 10.6 Å². The Morgan fingerprint density at radius 3 is 2.48 bits per heavy atom. The number of nitrogens with zero attached hydrogens (tertiary/aromatic N) is 1. The SMILES string of the molecule is Cc1nc(C)c(CNC(=O)CNC(=O)c2ccccc2)s1. The van der Waals surface area contributed by atoms with Crippen LogP contribution in [0.1, 0.15) is 25.9 Å². The van der Waals surface area contributed by atoms with Crippen LogP contribution in [0.15, 0.2) is 30.3 Å². The number of aryl methyl sites for hydroxylation is 2. The Kier molecular flexibility index (Phi) is 5.05. The van der Waals surface area contributed by atoms with Gasteiger partial charge in [-0.2, -0.15) is 0 Å². The maximum atomic E-state index is 11.8. The molecule has 0 radical (unpaired) electrons. The molecule has 0 fully saturated rings. The van der Waals surface area contributed by atoms with Crippen molar-refractivity contribution < 1.29 is 9.59 Å². The van der Waals surface area contributed by atoms with Gasteiger partial charge in [-0.05, 0) is 26.0 Å². The molecule has 21 heavy (non-hydrogen) atoms. The minimum atomic E-state index is -0.254. The van der Waals surface area contributed by atoms with Gasteiger partial charge in [-0.25, -0.2) is 4.98 Å². The van der Waals surface area contributed by atoms with Gasteiger partial charge in [-0.15, -0.1) is 11.3 Å². The average molecular weight is 303 g/mol. The van der Waals surface area contributed by atoms with Crippen molar-refractivity contribution in [1.29, 1.82) is 0 Å². The predicted octanol–water partition coefficient (Wildman–Crippen LogP) is 1.81. The number of benzene rings is 1. The van der Waals surface area contributed by atoms with Crippen molar-refractivity contribution in [2.75, 3.05) is 6.54 Å². The molecule has 110 valence electrons. The van der Waals surface area contributed by atoms with Crippen LogP contribution in [0.25, 0.3) is 0 Å². The van der Waals surface area contributed by atoms with Gasteiger partial charge in [-0.1, -0.05) is 18.2 Å². The summed E-state index contributed by atoms with van der Waals surface area (Å²) < 4.78 is 0. The normalized spacial score (nSPS) is 10.2. The van der Waals surface area contributed by atoms with E-state index in [1.54, 1.807) is 35.6 Å². The summed E-state index contributed by atoms with van der Waals surface area (Å²) in [6.07, 6.45) is 0. The van der Waals surface area contributed by atoms with Crippen molar-refractivity contribution in [1.82, 2.24) is 15.6 Å². The largest absolute Gasteiger partial charge is 0.350 e. The standard InChI is InChI=1S/C15H17N3O2S/c1-10-13(21-11(2)18-10)8-16-14(19)9-17-15(20)12-6-4-3-5-7-12/h3-7H,8-9H2,1-2H3,(H,16,19)(H,17,20). The third kappa shape index (κ3) is 4.39. The Morgan fingerprint density at radius 2 is 1.86 bits per heavy atom. The van der Waals surface area contributed by atoms with E-state index in [1.807, 2.05) is 19.9 Å². The van der Waals surface area contributed by atoms with Gasteiger partial charge in [-0.3, -0.25) is 9.59 Å². The highest BCUT2D eigenvalue weighted by Gasteiger charge is 2.09. The molecule has 2 rings (SSSR count). The van der Waals surface area contributed by atoms with Crippen molar-refractivity contribution >= 4 is 23.2 Å². The first-order valence-corrected chi connectivity index (χ1v) is 7.41. The number of carbonyl (C=O) groups is 2. The predicted molar refractivity (Wildman–Crippen MR) is 82.2 cm³/mol. The fourth-order valence-electron chi connectivity index (χ4n) is 1.83. The molecule has 0 atom stereocenters. The fraction of sp³-hybridized carbons (Fsp3) is 0.267. The van der Waals surface area contributed by atoms with Crippen LogP contribution in [0.3, 0.4) is 0 Å². The maximum absolute atomic E-state index is 11.8. The fourth-order valence-corrected chi connectivity index (χ4v) is 2.71. The molecule has 2 aromatic rings. The Balaban J connectivity index is 1.78. The first kappa shape index (κ1) is 15.2. The van der Waals surface area contributed by atoms with Gasteiger partial charge in [0.05, 0.1) is 23.8 Å². The molecule has 0 aliphatic rings. The number of nitrogens with one attached hydrogen (secondary N) is 2. The van der Waals surface area contributed by atoms with Gasteiger partial charge in [0.25, 0.3) is 5.91 Å². The van der Waals surface area contributed by atoms with Crippen LogP contribution < -0.4 is 10.6 Å². The molecule has 1 aromatic heterocycles. The molecule has 5 nitrogen and oxygen atoms in total. The van der Waals surface area contributed by atoms with Crippen LogP contribution in [-0.4, -0.2) is 23.3 Å². The van der Waals surface area contributed by atoms with Crippen LogP contribution in [0.4, 0.5) is 0 Å². The summed E-state index contributed by atoms with van der Waals surface area (Å²) in [6, 6.07) is 8.81. The highest BCUT2D eigenvalue weighted by molar-refractivity contribution is 7.11. The van der Waals surface area contributed by atoms with E-state index in [2.05, 4.69) is 15.6 Å². The number of aromatic nitrogens is 1. The lowest BCUT2D eigenvalue weighted by Gasteiger charge is -2.06. The lowest BCUT2D eigenvalue weighted by atomic mass is 10.2. The van der Waals surface area contributed by atoms with E-state index in [9.17, 15) is 9.59 Å². The summed E-state index contributed by atoms with van der Waals surface area (Å²) in [5.74, 6) is -0.472. The van der Waals surface area contributed by atoms with E-state index < -0.39 is 0 Å². The molecule has 1 aromatic carbocycles. The van der Waals surface area contributed by atoms with E-state index in [0.29, 0.717) is 12.1 Å². The van der Waals surface area contributed by atoms with Crippen LogP contribution >= 0.6 is 11.3 Å². The molecule has 0 bridgehead atoms. The summed E-state index contributed by atoms with van der Waals surface area (Å²) in [7, 11) is 0. The van der Waals surface area contributed by atoms with Gasteiger partial charge in [0.1, 0.15) is 0 Å². The molecule has 6 heteroatoms. The van der Waals surface area contributed by atoms with E-state index in [4.69, 9.17) is 0 Å². The summed E-state index contributed by atoms with van der Waals surface area (Å²) in [5, 5.41) is 6.35. The maximum Gasteiger partial charge on any atom is 0.251 e. The highest BCUT2D eigenvalue weighted by atomic mass is 32.1. The lowest BCUT2D eigenvalue weighted by Crippen LogP contribution is -2.36. The topological polar surface area (TPSA) is 71.1 Å². The van der Waals surface area contributed by atoms with Crippen molar-refractivity contribution in [2.24, 2.45) is 0 Å². The zero-order valence-corrected chi connectivity index (χ0v) is 12.8. The molecule has 1 heterocycles. The number of hydrogen-bond acceptors (Lipinski definition) is 4. The van der Waals surface area contributed by atoms with E-state index in [-0.39, 0.29) is 18.4 Å². The quantitative estimate of drug-likeness (QED) is 0.885. The first-order valence-electron chi connectivity index (χ1n) is 6.59. The van der Waals surface area contributed by atoms with Gasteiger partial charge in [0.2, 0.25) is 5.91 Å². The summed E-state index contributed by atoms with van der Waals surface area (Å²) in [5.41, 5.74) is 1.48. The molecular formula is C15H17N3O2S. The minimum Gasteiger partial charge on any atom is -0.350 e. The summed E-state index contributed by atoms with van der Waals surface area (Å²) >= 11 is 1.56.